The van der Waals surface area contributed by atoms with E-state index in [0.717, 1.165) is 4.68 Å². The molecule has 4 aromatic rings. The second-order valence-corrected chi connectivity index (χ2v) is 8.43. The Morgan fingerprint density at radius 1 is 1.19 bits per heavy atom. The molecule has 2 heterocycles. The first-order chi connectivity index (χ1) is 17.5. The molecule has 2 aromatic heterocycles. The van der Waals surface area contributed by atoms with Crippen molar-refractivity contribution in [3.05, 3.63) is 80.3 Å². The van der Waals surface area contributed by atoms with Crippen LogP contribution in [0.3, 0.4) is 0 Å². The molecule has 1 N–H and O–H groups in total. The molecule has 0 unspecified atom stereocenters. The number of amides is 1. The summed E-state index contributed by atoms with van der Waals surface area (Å²) in [6.45, 7) is 1.31. The van der Waals surface area contributed by atoms with Crippen LogP contribution >= 0.6 is 23.2 Å². The van der Waals surface area contributed by atoms with Crippen LogP contribution in [-0.2, 0) is 12.7 Å². The Kier molecular flexibility index (Phi) is 7.02. The third-order valence-electron chi connectivity index (χ3n) is 5.05. The monoisotopic (exact) mass is 547 g/mol. The number of carbonyl (C=O) groups excluding carboxylic acids is 2. The van der Waals surface area contributed by atoms with Gasteiger partial charge in [-0.2, -0.15) is 23.1 Å². The molecule has 0 atom stereocenters. The van der Waals surface area contributed by atoms with Crippen molar-refractivity contribution in [1.82, 2.24) is 30.0 Å². The van der Waals surface area contributed by atoms with E-state index in [1.54, 1.807) is 19.1 Å². The van der Waals surface area contributed by atoms with Gasteiger partial charge in [0.2, 0.25) is 0 Å². The van der Waals surface area contributed by atoms with Crippen LogP contribution in [0.15, 0.2) is 36.4 Å². The predicted octanol–water partition coefficient (Wildman–Crippen LogP) is 4.59. The number of rotatable bonds is 6. The lowest BCUT2D eigenvalue weighted by Crippen LogP contribution is -2.19. The first-order valence-electron chi connectivity index (χ1n) is 10.3. The topological polar surface area (TPSA) is 108 Å². The summed E-state index contributed by atoms with van der Waals surface area (Å²) in [7, 11) is 0. The molecule has 0 aliphatic heterocycles. The van der Waals surface area contributed by atoms with E-state index < -0.39 is 17.9 Å². The number of aromatic nitrogens is 6. The van der Waals surface area contributed by atoms with Gasteiger partial charge < -0.3 is 5.32 Å². The molecule has 0 fully saturated rings. The summed E-state index contributed by atoms with van der Waals surface area (Å²) in [5, 5.41) is 16.9. The van der Waals surface area contributed by atoms with Crippen molar-refractivity contribution in [2.24, 2.45) is 0 Å². The molecular formula is C23H14Cl2F3N7O2. The van der Waals surface area contributed by atoms with Gasteiger partial charge in [-0.15, -0.1) is 16.6 Å². The van der Waals surface area contributed by atoms with Crippen LogP contribution in [0.1, 0.15) is 43.5 Å². The Bertz CT molecular complexity index is 1550. The van der Waals surface area contributed by atoms with E-state index >= 15 is 0 Å². The zero-order valence-corrected chi connectivity index (χ0v) is 20.2. The largest absolute Gasteiger partial charge is 0.455 e. The Balaban J connectivity index is 1.78. The quantitative estimate of drug-likeness (QED) is 0.279. The number of carbonyl (C=O) groups is 2. The number of halogens is 5. The fourth-order valence-corrected chi connectivity index (χ4v) is 4.00. The van der Waals surface area contributed by atoms with Crippen molar-refractivity contribution < 1.29 is 22.8 Å². The fourth-order valence-electron chi connectivity index (χ4n) is 3.44. The third-order valence-corrected chi connectivity index (χ3v) is 5.66. The van der Waals surface area contributed by atoms with Crippen molar-refractivity contribution in [3.8, 4) is 18.0 Å². The van der Waals surface area contributed by atoms with Gasteiger partial charge in [0.15, 0.2) is 6.29 Å². The zero-order chi connectivity index (χ0) is 26.9. The Morgan fingerprint density at radius 2 is 1.89 bits per heavy atom. The number of nitrogens with zero attached hydrogens (tertiary/aromatic N) is 6. The van der Waals surface area contributed by atoms with Crippen molar-refractivity contribution >= 4 is 41.1 Å². The van der Waals surface area contributed by atoms with Crippen LogP contribution in [0.25, 0.3) is 5.69 Å². The molecule has 0 spiro atoms. The summed E-state index contributed by atoms with van der Waals surface area (Å²) >= 11 is 12.6. The van der Waals surface area contributed by atoms with Crippen molar-refractivity contribution in [3.63, 3.8) is 0 Å². The minimum absolute atomic E-state index is 0.0848. The maximum atomic E-state index is 13.4. The van der Waals surface area contributed by atoms with Gasteiger partial charge in [0.1, 0.15) is 17.9 Å². The first kappa shape index (κ1) is 25.9. The normalized spacial score (nSPS) is 11.3. The maximum Gasteiger partial charge on any atom is 0.455 e. The summed E-state index contributed by atoms with van der Waals surface area (Å²) in [5.41, 5.74) is 1.51. The second-order valence-electron chi connectivity index (χ2n) is 7.62. The van der Waals surface area contributed by atoms with E-state index in [4.69, 9.17) is 29.6 Å². The summed E-state index contributed by atoms with van der Waals surface area (Å²) in [6.07, 6.45) is 1.19. The van der Waals surface area contributed by atoms with Crippen molar-refractivity contribution in [1.29, 1.82) is 0 Å². The Hall–Kier alpha value is -4.21. The van der Waals surface area contributed by atoms with E-state index in [2.05, 4.69) is 31.7 Å². The number of alkyl halides is 3. The number of benzene rings is 2. The zero-order valence-electron chi connectivity index (χ0n) is 18.7. The highest BCUT2D eigenvalue weighted by Crippen LogP contribution is 2.30. The van der Waals surface area contributed by atoms with Gasteiger partial charge in [-0.1, -0.05) is 35.2 Å². The highest BCUT2D eigenvalue weighted by atomic mass is 35.5. The first-order valence-corrected chi connectivity index (χ1v) is 11.0. The van der Waals surface area contributed by atoms with Crippen molar-refractivity contribution in [2.45, 2.75) is 19.6 Å². The number of anilines is 1. The molecular weight excluding hydrogens is 534 g/mol. The van der Waals surface area contributed by atoms with Gasteiger partial charge in [0.05, 0.1) is 21.4 Å². The lowest BCUT2D eigenvalue weighted by molar-refractivity contribution is -0.145. The van der Waals surface area contributed by atoms with Gasteiger partial charge in [-0.3, -0.25) is 9.59 Å². The van der Waals surface area contributed by atoms with Gasteiger partial charge in [-0.05, 0) is 48.0 Å². The molecule has 0 radical (unpaired) electrons. The average Bonchev–Trinajstić information content (AvgIpc) is 3.48. The second kappa shape index (κ2) is 10.0. The molecule has 4 rings (SSSR count). The summed E-state index contributed by atoms with van der Waals surface area (Å²) in [4.78, 5) is 25.7. The summed E-state index contributed by atoms with van der Waals surface area (Å²) in [5.74, 6) is 0.295. The Morgan fingerprint density at radius 3 is 2.49 bits per heavy atom. The van der Waals surface area contributed by atoms with Crippen LogP contribution in [0.4, 0.5) is 18.9 Å². The van der Waals surface area contributed by atoms with E-state index in [1.807, 2.05) is 0 Å². The molecule has 188 valence electrons. The number of aryl methyl sites for hydroxylation is 1. The number of aldehydes is 1. The molecule has 0 saturated carbocycles. The van der Waals surface area contributed by atoms with Crippen LogP contribution in [0.5, 0.6) is 0 Å². The number of tetrazole rings is 1. The molecule has 0 bridgehead atoms. The third kappa shape index (κ3) is 5.32. The minimum Gasteiger partial charge on any atom is -0.320 e. The highest BCUT2D eigenvalue weighted by Gasteiger charge is 2.37. The Labute approximate surface area is 217 Å². The van der Waals surface area contributed by atoms with Gasteiger partial charge in [0, 0.05) is 11.1 Å². The number of nitrogens with one attached hydrogen (secondary N) is 1. The molecule has 0 aliphatic carbocycles. The van der Waals surface area contributed by atoms with E-state index in [0.29, 0.717) is 22.2 Å². The molecule has 0 saturated heterocycles. The number of hydrogen-bond acceptors (Lipinski definition) is 6. The lowest BCUT2D eigenvalue weighted by atomic mass is 10.0. The molecule has 2 aromatic carbocycles. The van der Waals surface area contributed by atoms with E-state index in [1.165, 1.54) is 24.3 Å². The number of para-hydroxylation sites is 1. The molecule has 37 heavy (non-hydrogen) atoms. The maximum absolute atomic E-state index is 13.4. The van der Waals surface area contributed by atoms with Crippen LogP contribution in [0.2, 0.25) is 10.0 Å². The smallest absolute Gasteiger partial charge is 0.320 e. The van der Waals surface area contributed by atoms with E-state index in [-0.39, 0.29) is 44.9 Å². The van der Waals surface area contributed by atoms with Crippen LogP contribution < -0.4 is 5.32 Å². The van der Waals surface area contributed by atoms with Crippen LogP contribution in [0, 0.1) is 19.3 Å². The predicted molar refractivity (Wildman–Crippen MR) is 128 cm³/mol. The molecule has 9 nitrogen and oxygen atoms in total. The fraction of sp³-hybridized carbons (Fsp3) is 0.130. The van der Waals surface area contributed by atoms with Crippen LogP contribution in [-0.4, -0.2) is 42.2 Å². The highest BCUT2D eigenvalue weighted by molar-refractivity contribution is 6.37. The lowest BCUT2D eigenvalue weighted by Gasteiger charge is -2.14. The minimum atomic E-state index is -4.78. The average molecular weight is 548 g/mol. The van der Waals surface area contributed by atoms with E-state index in [9.17, 15) is 22.8 Å². The molecule has 1 amide bonds. The number of terminal acetylenes is 1. The van der Waals surface area contributed by atoms with Crippen molar-refractivity contribution in [2.75, 3.05) is 5.32 Å². The number of hydrogen-bond donors (Lipinski definition) is 1. The van der Waals surface area contributed by atoms with Gasteiger partial charge in [-0.25, -0.2) is 4.68 Å². The molecule has 14 heteroatoms. The summed E-state index contributed by atoms with van der Waals surface area (Å²) in [6, 6.07) is 8.99. The van der Waals surface area contributed by atoms with Gasteiger partial charge >= 0.3 is 6.18 Å². The SMILES string of the molecule is C#Cc1cc(C)c(NC(=O)c2cc(Cn3nnc(C(F)(F)F)n3)nn2-c2c(Cl)cccc2Cl)c(C=O)c1. The summed E-state index contributed by atoms with van der Waals surface area (Å²) < 4.78 is 39.7. The molecule has 0 aliphatic rings. The van der Waals surface area contributed by atoms with Gasteiger partial charge in [0.25, 0.3) is 11.7 Å². The standard InChI is InChI=1S/C23H14Cl2F3N7O2/c1-3-13-7-12(2)19(14(8-13)11-36)29-21(37)18-9-15(10-34-32-22(30-33-34)23(26,27)28)31-35(18)20-16(24)5-4-6-17(20)25/h1,4-9,11H,10H2,2H3,(H,29,37).